The van der Waals surface area contributed by atoms with Crippen molar-refractivity contribution < 1.29 is 31.2 Å². The fraction of sp³-hybridized carbons (Fsp3) is 0.400. The highest BCUT2D eigenvalue weighted by atomic mass is 79.9. The van der Waals surface area contributed by atoms with E-state index in [4.69, 9.17) is 9.47 Å². The minimum Gasteiger partial charge on any atom is -1.00 e. The Morgan fingerprint density at radius 1 is 1.09 bits per heavy atom. The van der Waals surface area contributed by atoms with Crippen molar-refractivity contribution in [1.29, 1.82) is 0 Å². The fourth-order valence-corrected chi connectivity index (χ4v) is 4.70. The van der Waals surface area contributed by atoms with Crippen molar-refractivity contribution >= 4 is 27.9 Å². The van der Waals surface area contributed by atoms with Gasteiger partial charge in [-0.3, -0.25) is 4.79 Å². The van der Waals surface area contributed by atoms with Crippen molar-refractivity contribution in [1.82, 2.24) is 5.32 Å². The molecule has 1 amide bonds. The van der Waals surface area contributed by atoms with Gasteiger partial charge in [0.2, 0.25) is 0 Å². The van der Waals surface area contributed by atoms with Crippen LogP contribution in [0.2, 0.25) is 0 Å². The maximum Gasteiger partial charge on any atom is 0.250 e. The van der Waals surface area contributed by atoms with Crippen LogP contribution >= 0.6 is 15.9 Å². The first kappa shape index (κ1) is 24.8. The second-order valence-corrected chi connectivity index (χ2v) is 9.84. The molecule has 0 aromatic heterocycles. The molecule has 2 heterocycles. The molecule has 32 heavy (non-hydrogen) atoms. The molecule has 0 spiro atoms. The van der Waals surface area contributed by atoms with Gasteiger partial charge < -0.3 is 31.7 Å². The van der Waals surface area contributed by atoms with Gasteiger partial charge in [0.1, 0.15) is 18.9 Å². The van der Waals surface area contributed by atoms with E-state index in [9.17, 15) is 4.79 Å². The van der Waals surface area contributed by atoms with Crippen LogP contribution < -0.4 is 22.5 Å². The number of ether oxygens (including phenoxy) is 2. The highest BCUT2D eigenvalue weighted by Crippen LogP contribution is 2.29. The summed E-state index contributed by atoms with van der Waals surface area (Å²) in [6.45, 7) is 3.53. The monoisotopic (exact) mass is 520 g/mol. The summed E-state index contributed by atoms with van der Waals surface area (Å²) < 4.78 is 13.2. The number of halogens is 2. The Kier molecular flexibility index (Phi) is 8.39. The Hall–Kier alpha value is -1.86. The number of quaternary nitrogens is 1. The first-order valence-electron chi connectivity index (χ1n) is 10.8. The van der Waals surface area contributed by atoms with E-state index in [1.54, 1.807) is 0 Å². The van der Waals surface area contributed by atoms with Gasteiger partial charge in [0.05, 0.1) is 38.9 Å². The second-order valence-electron chi connectivity index (χ2n) is 8.92. The summed E-state index contributed by atoms with van der Waals surface area (Å²) in [4.78, 5) is 12.6. The second kappa shape index (κ2) is 10.8. The summed E-state index contributed by atoms with van der Waals surface area (Å²) in [6.07, 6.45) is 4.15. The van der Waals surface area contributed by atoms with E-state index in [0.29, 0.717) is 24.8 Å². The van der Waals surface area contributed by atoms with Gasteiger partial charge in [-0.15, -0.1) is 0 Å². The Morgan fingerprint density at radius 2 is 1.78 bits per heavy atom. The Bertz CT molecular complexity index is 970. The molecule has 0 atom stereocenters. The third-order valence-corrected chi connectivity index (χ3v) is 6.72. The van der Waals surface area contributed by atoms with E-state index in [2.05, 4.69) is 59.6 Å². The minimum absolute atomic E-state index is 0. The number of benzene rings is 2. The lowest BCUT2D eigenvalue weighted by Gasteiger charge is -2.40. The van der Waals surface area contributed by atoms with Crippen LogP contribution in [0.25, 0.3) is 6.08 Å². The molecule has 0 saturated carbocycles. The molecule has 2 aromatic rings. The number of hydrogen-bond donors (Lipinski definition) is 1. The number of nitrogens with one attached hydrogen (secondary N) is 1. The number of hydrogen-bond acceptors (Lipinski definition) is 3. The molecule has 4 rings (SSSR count). The average Bonchev–Trinajstić information content (AvgIpc) is 2.78. The number of fused-ring (bicyclic) bond motifs is 1. The van der Waals surface area contributed by atoms with Crippen molar-refractivity contribution in [3.63, 3.8) is 0 Å². The highest BCUT2D eigenvalue weighted by Gasteiger charge is 2.30. The van der Waals surface area contributed by atoms with Crippen LogP contribution in [0.4, 0.5) is 0 Å². The summed E-state index contributed by atoms with van der Waals surface area (Å²) in [5.41, 5.74) is 3.96. The smallest absolute Gasteiger partial charge is 0.250 e. The Morgan fingerprint density at radius 3 is 2.50 bits per heavy atom. The molecule has 0 unspecified atom stereocenters. The zero-order valence-corrected chi connectivity index (χ0v) is 20.9. The standard InChI is InChI=1S/C25H29BrN2O3.ClH/c1-28(2,23-9-11-30-12-10-23)16-19-5-3-18(4-6-19)15-27-25(29)21-13-20-14-22(26)7-8-24(20)31-17-21;/h3-8,13-14,23H,9-12,15-17H2,1-2H3;1H. The lowest BCUT2D eigenvalue weighted by atomic mass is 10.0. The van der Waals surface area contributed by atoms with Gasteiger partial charge in [-0.1, -0.05) is 40.2 Å². The molecular formula is C25H30BrClN2O3. The summed E-state index contributed by atoms with van der Waals surface area (Å²) in [7, 11) is 4.61. The first-order chi connectivity index (χ1) is 14.9. The van der Waals surface area contributed by atoms with Crippen molar-refractivity contribution in [2.45, 2.75) is 32.0 Å². The number of nitrogens with zero attached hydrogens (tertiary/aromatic N) is 1. The summed E-state index contributed by atoms with van der Waals surface area (Å²) in [5.74, 6) is 0.712. The number of carbonyl (C=O) groups is 1. The van der Waals surface area contributed by atoms with Crippen LogP contribution in [0.1, 0.15) is 29.5 Å². The predicted molar refractivity (Wildman–Crippen MR) is 126 cm³/mol. The van der Waals surface area contributed by atoms with E-state index < -0.39 is 0 Å². The maximum absolute atomic E-state index is 12.6. The molecular weight excluding hydrogens is 492 g/mol. The molecule has 2 aromatic carbocycles. The molecule has 1 N–H and O–H groups in total. The van der Waals surface area contributed by atoms with E-state index >= 15 is 0 Å². The van der Waals surface area contributed by atoms with Gasteiger partial charge in [0.15, 0.2) is 0 Å². The maximum atomic E-state index is 12.6. The average molecular weight is 522 g/mol. The van der Waals surface area contributed by atoms with Crippen molar-refractivity contribution in [3.8, 4) is 5.75 Å². The first-order valence-corrected chi connectivity index (χ1v) is 11.6. The van der Waals surface area contributed by atoms with E-state index in [0.717, 1.165) is 58.4 Å². The van der Waals surface area contributed by atoms with Crippen molar-refractivity contribution in [3.05, 3.63) is 69.2 Å². The number of rotatable bonds is 6. The minimum atomic E-state index is -0.0907. The molecule has 0 aliphatic carbocycles. The predicted octanol–water partition coefficient (Wildman–Crippen LogP) is 1.30. The third-order valence-electron chi connectivity index (χ3n) is 6.22. The molecule has 1 fully saturated rings. The quantitative estimate of drug-likeness (QED) is 0.583. The normalized spacial score (nSPS) is 16.3. The van der Waals surface area contributed by atoms with Gasteiger partial charge in [-0.25, -0.2) is 0 Å². The molecule has 172 valence electrons. The van der Waals surface area contributed by atoms with Crippen LogP contribution in [0.15, 0.2) is 52.5 Å². The Balaban J connectivity index is 0.00000289. The third kappa shape index (κ3) is 6.13. The van der Waals surface area contributed by atoms with Crippen LogP contribution in [0.5, 0.6) is 5.75 Å². The van der Waals surface area contributed by atoms with Crippen molar-refractivity contribution in [2.75, 3.05) is 33.9 Å². The van der Waals surface area contributed by atoms with Crippen LogP contribution in [0.3, 0.4) is 0 Å². The van der Waals surface area contributed by atoms with Crippen LogP contribution in [-0.4, -0.2) is 50.3 Å². The number of carbonyl (C=O) groups excluding carboxylic acids is 1. The SMILES string of the molecule is C[N+](C)(Cc1ccc(CNC(=O)C2=Cc3cc(Br)ccc3OC2)cc1)C1CCOCC1.[Cl-]. The lowest BCUT2D eigenvalue weighted by Crippen LogP contribution is -3.00. The van der Waals surface area contributed by atoms with Crippen molar-refractivity contribution in [2.24, 2.45) is 0 Å². The topological polar surface area (TPSA) is 47.6 Å². The zero-order valence-electron chi connectivity index (χ0n) is 18.6. The van der Waals surface area contributed by atoms with Gasteiger partial charge in [-0.05, 0) is 29.8 Å². The fourth-order valence-electron chi connectivity index (χ4n) is 4.32. The summed E-state index contributed by atoms with van der Waals surface area (Å²) in [6, 6.07) is 15.0. The van der Waals surface area contributed by atoms with Crippen LogP contribution in [0, 0.1) is 0 Å². The summed E-state index contributed by atoms with van der Waals surface area (Å²) >= 11 is 3.46. The molecule has 5 nitrogen and oxygen atoms in total. The highest BCUT2D eigenvalue weighted by molar-refractivity contribution is 9.10. The molecule has 1 saturated heterocycles. The van der Waals surface area contributed by atoms with Gasteiger partial charge in [0, 0.05) is 35.0 Å². The van der Waals surface area contributed by atoms with Gasteiger partial charge in [-0.2, -0.15) is 0 Å². The number of amides is 1. The van der Waals surface area contributed by atoms with E-state index in [-0.39, 0.29) is 18.3 Å². The zero-order chi connectivity index (χ0) is 21.8. The van der Waals surface area contributed by atoms with E-state index in [1.807, 2.05) is 24.3 Å². The van der Waals surface area contributed by atoms with Gasteiger partial charge >= 0.3 is 0 Å². The van der Waals surface area contributed by atoms with E-state index in [1.165, 1.54) is 5.56 Å². The summed E-state index contributed by atoms with van der Waals surface area (Å²) in [5, 5.41) is 3.02. The molecule has 7 heteroatoms. The molecule has 2 aliphatic rings. The van der Waals surface area contributed by atoms with Crippen LogP contribution in [-0.2, 0) is 22.6 Å². The molecule has 0 radical (unpaired) electrons. The Labute approximate surface area is 204 Å². The molecule has 2 aliphatic heterocycles. The lowest BCUT2D eigenvalue weighted by molar-refractivity contribution is -0.929. The molecule has 0 bridgehead atoms. The van der Waals surface area contributed by atoms with Gasteiger partial charge in [0.25, 0.3) is 5.91 Å². The largest absolute Gasteiger partial charge is 1.00 e.